The summed E-state index contributed by atoms with van der Waals surface area (Å²) in [5.41, 5.74) is 4.10. The number of pyridine rings is 1. The molecule has 0 unspecified atom stereocenters. The van der Waals surface area contributed by atoms with Gasteiger partial charge < -0.3 is 9.16 Å². The number of benzene rings is 3. The monoisotopic (exact) mass is 582 g/mol. The molecule has 2 aromatic heterocycles. The van der Waals surface area contributed by atoms with Crippen molar-refractivity contribution in [1.29, 1.82) is 0 Å². The fourth-order valence-electron chi connectivity index (χ4n) is 5.72. The number of aryl methyl sites for hydroxylation is 1. The Balaban J connectivity index is 1.59. The summed E-state index contributed by atoms with van der Waals surface area (Å²) in [7, 11) is -1.43. The van der Waals surface area contributed by atoms with Gasteiger partial charge in [0.05, 0.1) is 18.3 Å². The number of methoxy groups -OCH3 is 1. The lowest BCUT2D eigenvalue weighted by Crippen LogP contribution is -2.66. The van der Waals surface area contributed by atoms with E-state index in [1.807, 2.05) is 36.4 Å². The zero-order valence-corrected chi connectivity index (χ0v) is 25.8. The van der Waals surface area contributed by atoms with E-state index in [-0.39, 0.29) is 10.6 Å². The second-order valence-corrected chi connectivity index (χ2v) is 16.2. The summed E-state index contributed by atoms with van der Waals surface area (Å²) >= 11 is 1.38. The van der Waals surface area contributed by atoms with Crippen molar-refractivity contribution >= 4 is 46.3 Å². The van der Waals surface area contributed by atoms with Crippen LogP contribution in [0.5, 0.6) is 0 Å². The molecule has 0 aliphatic heterocycles. The van der Waals surface area contributed by atoms with Crippen LogP contribution >= 0.6 is 11.3 Å². The summed E-state index contributed by atoms with van der Waals surface area (Å²) in [6, 6.07) is 28.9. The van der Waals surface area contributed by atoms with Gasteiger partial charge in [-0.1, -0.05) is 99.6 Å². The molecule has 0 spiro atoms. The molecule has 41 heavy (non-hydrogen) atoms. The average molecular weight is 583 g/mol. The first-order valence-corrected chi connectivity index (χ1v) is 16.4. The molecule has 0 saturated heterocycles. The van der Waals surface area contributed by atoms with Crippen LogP contribution in [0.3, 0.4) is 0 Å². The van der Waals surface area contributed by atoms with E-state index in [1.165, 1.54) is 28.8 Å². The summed E-state index contributed by atoms with van der Waals surface area (Å²) in [6.07, 6.45) is 0.578. The predicted molar refractivity (Wildman–Crippen MR) is 169 cm³/mol. The third-order valence-corrected chi connectivity index (χ3v) is 13.5. The van der Waals surface area contributed by atoms with E-state index in [2.05, 4.69) is 74.3 Å². The van der Waals surface area contributed by atoms with E-state index in [4.69, 9.17) is 9.16 Å². The molecular weight excluding hydrogens is 549 g/mol. The number of hydrogen-bond acceptors (Lipinski definition) is 6. The molecule has 0 saturated carbocycles. The number of ether oxygens (including phenoxy) is 1. The lowest BCUT2D eigenvalue weighted by atomic mass is 10.1. The molecule has 0 atom stereocenters. The molecule has 5 rings (SSSR count). The third-order valence-electron chi connectivity index (χ3n) is 7.63. The Morgan fingerprint density at radius 1 is 0.927 bits per heavy atom. The maximum atomic E-state index is 13.8. The first-order valence-electron chi connectivity index (χ1n) is 13.6. The van der Waals surface area contributed by atoms with E-state index < -0.39 is 19.8 Å². The minimum Gasteiger partial charge on any atom is -0.465 e. The number of fused-ring (bicyclic) bond motifs is 1. The van der Waals surface area contributed by atoms with Gasteiger partial charge in [-0.3, -0.25) is 9.36 Å². The Morgan fingerprint density at radius 2 is 1.51 bits per heavy atom. The first kappa shape index (κ1) is 28.7. The highest BCUT2D eigenvalue weighted by Crippen LogP contribution is 2.37. The van der Waals surface area contributed by atoms with Gasteiger partial charge in [-0.05, 0) is 45.9 Å². The molecule has 6 nitrogen and oxygen atoms in total. The van der Waals surface area contributed by atoms with Gasteiger partial charge in [0.2, 0.25) is 0 Å². The average Bonchev–Trinajstić information content (AvgIpc) is 3.46. The van der Waals surface area contributed by atoms with Gasteiger partial charge in [-0.2, -0.15) is 0 Å². The highest BCUT2D eigenvalue weighted by molar-refractivity contribution is 7.16. The number of thiazole rings is 1. The standard InChI is InChI=1S/C33H34N2O4SSi/c1-23-28(32(37)38-5)30(36)35(31-29(23)34-22-40-31)27-19-13-12-14-24(27)20-21-39-41(33(2,3)4,25-15-8-6-9-16-25)26-17-10-7-11-18-26/h6-19,22H,20-21H2,1-5H3. The lowest BCUT2D eigenvalue weighted by molar-refractivity contribution is 0.0597. The number of carbonyl (C=O) groups is 1. The van der Waals surface area contributed by atoms with Crippen molar-refractivity contribution in [2.75, 3.05) is 13.7 Å². The SMILES string of the molecule is COC(=O)c1c(C)c2ncsc2n(-c2ccccc2CCO[Si](c2ccccc2)(c2ccccc2)C(C)(C)C)c1=O. The molecule has 5 aromatic rings. The molecule has 3 aromatic carbocycles. The van der Waals surface area contributed by atoms with Gasteiger partial charge in [0.15, 0.2) is 0 Å². The number of carbonyl (C=O) groups excluding carboxylic acids is 1. The summed E-state index contributed by atoms with van der Waals surface area (Å²) < 4.78 is 13.7. The number of aromatic nitrogens is 2. The van der Waals surface area contributed by atoms with E-state index in [9.17, 15) is 9.59 Å². The third kappa shape index (κ3) is 5.07. The quantitative estimate of drug-likeness (QED) is 0.174. The number of hydrogen-bond donors (Lipinski definition) is 0. The molecule has 0 N–H and O–H groups in total. The van der Waals surface area contributed by atoms with E-state index in [0.717, 1.165) is 5.56 Å². The summed E-state index contributed by atoms with van der Waals surface area (Å²) in [5, 5.41) is 2.29. The van der Waals surface area contributed by atoms with Gasteiger partial charge >= 0.3 is 5.97 Å². The topological polar surface area (TPSA) is 70.4 Å². The van der Waals surface area contributed by atoms with Crippen LogP contribution in [-0.2, 0) is 15.6 Å². The Bertz CT molecular complexity index is 1700. The van der Waals surface area contributed by atoms with E-state index >= 15 is 0 Å². The van der Waals surface area contributed by atoms with Gasteiger partial charge in [0.1, 0.15) is 15.9 Å². The van der Waals surface area contributed by atoms with Crippen LogP contribution in [0.4, 0.5) is 0 Å². The van der Waals surface area contributed by atoms with Gasteiger partial charge in [0, 0.05) is 6.61 Å². The normalized spacial score (nSPS) is 12.0. The van der Waals surface area contributed by atoms with Crippen molar-refractivity contribution in [2.45, 2.75) is 39.2 Å². The minimum atomic E-state index is -2.72. The van der Waals surface area contributed by atoms with Crippen LogP contribution in [0, 0.1) is 6.92 Å². The highest BCUT2D eigenvalue weighted by atomic mass is 32.1. The molecule has 0 bridgehead atoms. The first-order chi connectivity index (χ1) is 19.7. The van der Waals surface area contributed by atoms with Crippen molar-refractivity contribution in [2.24, 2.45) is 0 Å². The number of nitrogens with zero attached hydrogens (tertiary/aromatic N) is 2. The second-order valence-electron chi connectivity index (χ2n) is 11.0. The Hall–Kier alpha value is -3.85. The zero-order valence-electron chi connectivity index (χ0n) is 24.0. The summed E-state index contributed by atoms with van der Waals surface area (Å²) in [6.45, 7) is 8.97. The molecule has 210 valence electrons. The Kier molecular flexibility index (Phi) is 8.08. The Labute approximate surface area is 245 Å². The summed E-state index contributed by atoms with van der Waals surface area (Å²) in [4.78, 5) is 31.6. The van der Waals surface area contributed by atoms with Crippen LogP contribution in [-0.4, -0.2) is 37.6 Å². The number of para-hydroxylation sites is 1. The van der Waals surface area contributed by atoms with E-state index in [1.54, 1.807) is 17.0 Å². The number of rotatable bonds is 8. The van der Waals surface area contributed by atoms with Crippen LogP contribution in [0.25, 0.3) is 16.0 Å². The molecule has 0 fully saturated rings. The van der Waals surface area contributed by atoms with Gasteiger partial charge in [-0.15, -0.1) is 11.3 Å². The van der Waals surface area contributed by atoms with Crippen molar-refractivity contribution in [1.82, 2.24) is 9.55 Å². The molecular formula is C33H34N2O4SSi. The molecule has 0 radical (unpaired) electrons. The zero-order chi connectivity index (χ0) is 29.2. The highest BCUT2D eigenvalue weighted by Gasteiger charge is 2.50. The van der Waals surface area contributed by atoms with Crippen LogP contribution in [0.2, 0.25) is 5.04 Å². The predicted octanol–water partition coefficient (Wildman–Crippen LogP) is 5.66. The largest absolute Gasteiger partial charge is 0.465 e. The Morgan fingerprint density at radius 3 is 2.10 bits per heavy atom. The van der Waals surface area contributed by atoms with Crippen LogP contribution in [0.1, 0.15) is 42.3 Å². The van der Waals surface area contributed by atoms with Crippen molar-refractivity contribution < 1.29 is 14.0 Å². The van der Waals surface area contributed by atoms with Crippen molar-refractivity contribution in [3.8, 4) is 5.69 Å². The van der Waals surface area contributed by atoms with Crippen molar-refractivity contribution in [3.63, 3.8) is 0 Å². The summed E-state index contributed by atoms with van der Waals surface area (Å²) in [5.74, 6) is -0.663. The fourth-order valence-corrected chi connectivity index (χ4v) is 11.1. The second kappa shape index (κ2) is 11.6. The molecule has 0 amide bonds. The van der Waals surface area contributed by atoms with E-state index in [0.29, 0.717) is 34.6 Å². The fraction of sp³-hybridized carbons (Fsp3) is 0.242. The van der Waals surface area contributed by atoms with Crippen LogP contribution in [0.15, 0.2) is 95.2 Å². The molecule has 0 aliphatic rings. The van der Waals surface area contributed by atoms with Gasteiger partial charge in [-0.25, -0.2) is 9.78 Å². The molecule has 8 heteroatoms. The maximum absolute atomic E-state index is 13.8. The smallest absolute Gasteiger partial charge is 0.343 e. The number of esters is 1. The molecule has 2 heterocycles. The van der Waals surface area contributed by atoms with Crippen LogP contribution < -0.4 is 15.9 Å². The lowest BCUT2D eigenvalue weighted by Gasteiger charge is -2.43. The van der Waals surface area contributed by atoms with Crippen molar-refractivity contribution in [3.05, 3.63) is 117 Å². The molecule has 0 aliphatic carbocycles. The van der Waals surface area contributed by atoms with Gasteiger partial charge in [0.25, 0.3) is 13.9 Å². The minimum absolute atomic E-state index is 0.00395. The maximum Gasteiger partial charge on any atom is 0.343 e.